The van der Waals surface area contributed by atoms with Crippen LogP contribution in [0.25, 0.3) is 0 Å². The Morgan fingerprint density at radius 3 is 2.46 bits per heavy atom. The van der Waals surface area contributed by atoms with Crippen molar-refractivity contribution < 1.29 is 14.3 Å². The molecule has 1 aromatic rings. The molecule has 2 rings (SSSR count). The highest BCUT2D eigenvalue weighted by molar-refractivity contribution is 5.94. The monoisotopic (exact) mass is 391 g/mol. The number of ether oxygens (including phenoxy) is 1. The van der Waals surface area contributed by atoms with E-state index in [0.717, 1.165) is 31.7 Å². The van der Waals surface area contributed by atoms with E-state index in [2.05, 4.69) is 33.3 Å². The molecule has 0 saturated carbocycles. The molecule has 1 aliphatic rings. The van der Waals surface area contributed by atoms with Crippen molar-refractivity contribution in [3.05, 3.63) is 35.4 Å². The molecular weight excluding hydrogens is 354 g/mol. The van der Waals surface area contributed by atoms with Crippen molar-refractivity contribution in [3.63, 3.8) is 0 Å². The number of carbonyl (C=O) groups is 2. The minimum atomic E-state index is -0.318. The Hall–Kier alpha value is -1.92. The first kappa shape index (κ1) is 24.1. The van der Waals surface area contributed by atoms with E-state index in [1.54, 1.807) is 0 Å². The second kappa shape index (κ2) is 10.6. The number of amides is 1. The summed E-state index contributed by atoms with van der Waals surface area (Å²) < 4.78 is 4.55. The van der Waals surface area contributed by atoms with E-state index < -0.39 is 0 Å². The van der Waals surface area contributed by atoms with Crippen LogP contribution >= 0.6 is 0 Å². The van der Waals surface area contributed by atoms with Crippen LogP contribution in [0.15, 0.2) is 24.3 Å². The van der Waals surface area contributed by atoms with Gasteiger partial charge in [0.15, 0.2) is 0 Å². The van der Waals surface area contributed by atoms with Gasteiger partial charge in [-0.25, -0.2) is 0 Å². The van der Waals surface area contributed by atoms with Gasteiger partial charge in [0.1, 0.15) is 5.60 Å². The average Bonchev–Trinajstić information content (AvgIpc) is 2.55. The summed E-state index contributed by atoms with van der Waals surface area (Å²) in [4.78, 5) is 24.3. The summed E-state index contributed by atoms with van der Waals surface area (Å²) in [6.45, 7) is 18.2. The van der Waals surface area contributed by atoms with Crippen molar-refractivity contribution in [1.29, 1.82) is 0 Å². The Balaban J connectivity index is 0.000000480. The molecule has 0 aliphatic carbocycles. The highest BCUT2D eigenvalue weighted by Crippen LogP contribution is 2.13. The van der Waals surface area contributed by atoms with Gasteiger partial charge >= 0.3 is 0 Å². The molecule has 1 heterocycles. The lowest BCUT2D eigenvalue weighted by Gasteiger charge is -2.34. The first-order valence-corrected chi connectivity index (χ1v) is 9.89. The fourth-order valence-corrected chi connectivity index (χ4v) is 2.72. The van der Waals surface area contributed by atoms with Crippen LogP contribution in [0.2, 0.25) is 0 Å². The van der Waals surface area contributed by atoms with Crippen molar-refractivity contribution in [3.8, 4) is 0 Å². The van der Waals surface area contributed by atoms with Gasteiger partial charge in [0, 0.05) is 43.3 Å². The van der Waals surface area contributed by atoms with Crippen LogP contribution in [0, 0.1) is 0 Å². The highest BCUT2D eigenvalue weighted by atomic mass is 16.5. The number of carbonyl (C=O) groups excluding carboxylic acids is 2. The van der Waals surface area contributed by atoms with Crippen molar-refractivity contribution in [2.24, 2.45) is 0 Å². The zero-order valence-electron chi connectivity index (χ0n) is 18.5. The van der Waals surface area contributed by atoms with E-state index in [9.17, 15) is 9.59 Å². The number of benzene rings is 1. The summed E-state index contributed by atoms with van der Waals surface area (Å²) in [6.07, 6.45) is 0. The van der Waals surface area contributed by atoms with Crippen LogP contribution in [0.1, 0.15) is 64.4 Å². The number of nitrogens with one attached hydrogen (secondary N) is 2. The normalized spacial score (nSPS) is 17.9. The third-order valence-corrected chi connectivity index (χ3v) is 4.10. The van der Waals surface area contributed by atoms with Gasteiger partial charge in [0.2, 0.25) is 0 Å². The Kier molecular flexibility index (Phi) is 9.11. The van der Waals surface area contributed by atoms with E-state index >= 15 is 0 Å². The molecule has 158 valence electrons. The predicted octanol–water partition coefficient (Wildman–Crippen LogP) is 2.97. The predicted molar refractivity (Wildman–Crippen MR) is 113 cm³/mol. The number of rotatable bonds is 4. The highest BCUT2D eigenvalue weighted by Gasteiger charge is 2.19. The van der Waals surface area contributed by atoms with Crippen molar-refractivity contribution in [2.75, 3.05) is 19.6 Å². The fourth-order valence-electron chi connectivity index (χ4n) is 2.72. The molecule has 1 atom stereocenters. The van der Waals surface area contributed by atoms with Gasteiger partial charge in [-0.05, 0) is 66.2 Å². The average molecular weight is 392 g/mol. The topological polar surface area (TPSA) is 70.7 Å². The summed E-state index contributed by atoms with van der Waals surface area (Å²) in [7, 11) is 0. The molecule has 28 heavy (non-hydrogen) atoms. The molecule has 2 N–H and O–H groups in total. The molecule has 0 aromatic heterocycles. The van der Waals surface area contributed by atoms with Gasteiger partial charge in [0.05, 0.1) is 0 Å². The summed E-state index contributed by atoms with van der Waals surface area (Å²) in [5.74, 6) is -0.00212. The molecule has 1 saturated heterocycles. The third kappa shape index (κ3) is 9.85. The summed E-state index contributed by atoms with van der Waals surface area (Å²) >= 11 is 0. The smallest absolute Gasteiger partial charge is 0.293 e. The van der Waals surface area contributed by atoms with Crippen LogP contribution in [0.5, 0.6) is 0 Å². The first-order valence-electron chi connectivity index (χ1n) is 9.89. The van der Waals surface area contributed by atoms with Gasteiger partial charge in [-0.3, -0.25) is 14.5 Å². The van der Waals surface area contributed by atoms with Crippen LogP contribution in [-0.2, 0) is 16.1 Å². The van der Waals surface area contributed by atoms with E-state index in [1.807, 2.05) is 59.7 Å². The minimum absolute atomic E-state index is 0.00212. The molecule has 1 fully saturated rings. The maximum atomic E-state index is 12.2. The molecule has 1 amide bonds. The van der Waals surface area contributed by atoms with Crippen LogP contribution < -0.4 is 10.6 Å². The standard InChI is InChI=1S/C17H27N3O.C5H10O2/c1-13-11-18-8-9-20(13)12-14-6-5-7-15(10-14)16(21)19-17(2,3)4;1-5(2,3)7-4-6/h5-7,10,13,18H,8-9,11-12H2,1-4H3,(H,19,21);4H,1-3H3/t13-;/m1./s1. The Morgan fingerprint density at radius 2 is 1.96 bits per heavy atom. The molecule has 6 heteroatoms. The van der Waals surface area contributed by atoms with E-state index in [4.69, 9.17) is 0 Å². The Morgan fingerprint density at radius 1 is 1.29 bits per heavy atom. The zero-order valence-corrected chi connectivity index (χ0v) is 18.5. The number of piperazine rings is 1. The Bertz CT molecular complexity index is 633. The largest absolute Gasteiger partial charge is 0.462 e. The molecule has 1 aliphatic heterocycles. The van der Waals surface area contributed by atoms with Gasteiger partial charge in [-0.15, -0.1) is 0 Å². The van der Waals surface area contributed by atoms with Gasteiger partial charge in [0.25, 0.3) is 12.4 Å². The van der Waals surface area contributed by atoms with Crippen molar-refractivity contribution in [2.45, 2.75) is 72.2 Å². The number of nitrogens with zero attached hydrogens (tertiary/aromatic N) is 1. The molecule has 0 radical (unpaired) electrons. The van der Waals surface area contributed by atoms with Crippen LogP contribution in [-0.4, -0.2) is 54.1 Å². The zero-order chi connectivity index (χ0) is 21.4. The molecule has 1 aromatic carbocycles. The van der Waals surface area contributed by atoms with Crippen LogP contribution in [0.3, 0.4) is 0 Å². The number of hydrogen-bond donors (Lipinski definition) is 2. The lowest BCUT2D eigenvalue weighted by Crippen LogP contribution is -2.49. The maximum absolute atomic E-state index is 12.2. The van der Waals surface area contributed by atoms with Crippen molar-refractivity contribution >= 4 is 12.4 Å². The molecule has 0 bridgehead atoms. The van der Waals surface area contributed by atoms with E-state index in [1.165, 1.54) is 5.56 Å². The quantitative estimate of drug-likeness (QED) is 0.772. The number of hydrogen-bond acceptors (Lipinski definition) is 5. The molecule has 6 nitrogen and oxygen atoms in total. The van der Waals surface area contributed by atoms with E-state index in [0.29, 0.717) is 12.5 Å². The minimum Gasteiger partial charge on any atom is -0.462 e. The lowest BCUT2D eigenvalue weighted by atomic mass is 10.1. The maximum Gasteiger partial charge on any atom is 0.293 e. The SMILES string of the molecule is CC(C)(C)OC=O.C[C@@H]1CNCCN1Cc1cccc(C(=O)NC(C)(C)C)c1. The second-order valence-electron chi connectivity index (χ2n) is 9.25. The summed E-state index contributed by atoms with van der Waals surface area (Å²) in [5, 5.41) is 6.41. The van der Waals surface area contributed by atoms with Gasteiger partial charge < -0.3 is 15.4 Å². The lowest BCUT2D eigenvalue weighted by molar-refractivity contribution is -0.138. The second-order valence-corrected chi connectivity index (χ2v) is 9.25. The first-order chi connectivity index (χ1) is 12.9. The molecule has 0 spiro atoms. The molecule has 0 unspecified atom stereocenters. The molecular formula is C22H37N3O3. The Labute approximate surface area is 170 Å². The van der Waals surface area contributed by atoms with Gasteiger partial charge in [-0.2, -0.15) is 0 Å². The third-order valence-electron chi connectivity index (χ3n) is 4.10. The van der Waals surface area contributed by atoms with E-state index in [-0.39, 0.29) is 17.0 Å². The summed E-state index contributed by atoms with van der Waals surface area (Å²) in [6, 6.07) is 8.50. The van der Waals surface area contributed by atoms with Crippen LogP contribution in [0.4, 0.5) is 0 Å². The fraction of sp³-hybridized carbons (Fsp3) is 0.636. The summed E-state index contributed by atoms with van der Waals surface area (Å²) in [5.41, 5.74) is 1.41. The van der Waals surface area contributed by atoms with Gasteiger partial charge in [-0.1, -0.05) is 12.1 Å². The van der Waals surface area contributed by atoms with Crippen molar-refractivity contribution in [1.82, 2.24) is 15.5 Å².